The second-order valence-electron chi connectivity index (χ2n) is 7.47. The van der Waals surface area contributed by atoms with E-state index in [-0.39, 0.29) is 0 Å². The third-order valence-corrected chi connectivity index (χ3v) is 5.16. The Labute approximate surface area is 177 Å². The van der Waals surface area contributed by atoms with E-state index in [4.69, 9.17) is 14.7 Å². The normalized spacial score (nSPS) is 13.8. The standard InChI is InChI=1S/C23H28N6O/c1-16-4-5-17(2)20(14-16)26-21-15-22(29-12-10-24-11-13-29)28-23(27-21)25-18-6-8-19(30-3)9-7-18/h4-9,14-15,24H,10-13H2,1-3H3,(H2,25,26,27,28). The number of nitrogens with zero attached hydrogens (tertiary/aromatic N) is 3. The van der Waals surface area contributed by atoms with Gasteiger partial charge >= 0.3 is 0 Å². The average Bonchev–Trinajstić information content (AvgIpc) is 2.77. The minimum Gasteiger partial charge on any atom is -0.497 e. The van der Waals surface area contributed by atoms with Gasteiger partial charge in [-0.25, -0.2) is 0 Å². The van der Waals surface area contributed by atoms with Crippen LogP contribution in [0.1, 0.15) is 11.1 Å². The van der Waals surface area contributed by atoms with Crippen molar-refractivity contribution in [3.63, 3.8) is 0 Å². The van der Waals surface area contributed by atoms with Crippen molar-refractivity contribution in [1.82, 2.24) is 15.3 Å². The van der Waals surface area contributed by atoms with Gasteiger partial charge in [0.2, 0.25) is 5.95 Å². The first-order chi connectivity index (χ1) is 14.6. The molecule has 1 fully saturated rings. The molecule has 0 radical (unpaired) electrons. The predicted molar refractivity (Wildman–Crippen MR) is 123 cm³/mol. The van der Waals surface area contributed by atoms with Gasteiger partial charge in [-0.15, -0.1) is 0 Å². The third kappa shape index (κ3) is 4.80. The largest absolute Gasteiger partial charge is 0.497 e. The van der Waals surface area contributed by atoms with Crippen LogP contribution < -0.4 is 25.6 Å². The highest BCUT2D eigenvalue weighted by molar-refractivity contribution is 5.66. The molecule has 0 bridgehead atoms. The molecule has 7 nitrogen and oxygen atoms in total. The lowest BCUT2D eigenvalue weighted by molar-refractivity contribution is 0.415. The Kier molecular flexibility index (Phi) is 5.99. The topological polar surface area (TPSA) is 74.3 Å². The van der Waals surface area contributed by atoms with Crippen LogP contribution in [0.2, 0.25) is 0 Å². The van der Waals surface area contributed by atoms with Crippen LogP contribution >= 0.6 is 0 Å². The highest BCUT2D eigenvalue weighted by Crippen LogP contribution is 2.26. The summed E-state index contributed by atoms with van der Waals surface area (Å²) in [5.41, 5.74) is 4.34. The van der Waals surface area contributed by atoms with E-state index in [0.717, 1.165) is 54.9 Å². The minimum atomic E-state index is 0.559. The molecule has 0 unspecified atom stereocenters. The second-order valence-corrected chi connectivity index (χ2v) is 7.47. The number of rotatable bonds is 6. The molecule has 7 heteroatoms. The summed E-state index contributed by atoms with van der Waals surface area (Å²) in [5.74, 6) is 3.05. The number of nitrogens with one attached hydrogen (secondary N) is 3. The van der Waals surface area contributed by atoms with Crippen molar-refractivity contribution in [3.8, 4) is 5.75 Å². The molecular weight excluding hydrogens is 376 g/mol. The van der Waals surface area contributed by atoms with Crippen molar-refractivity contribution in [2.24, 2.45) is 0 Å². The lowest BCUT2D eigenvalue weighted by atomic mass is 10.1. The maximum atomic E-state index is 5.24. The SMILES string of the molecule is COc1ccc(Nc2nc(Nc3cc(C)ccc3C)cc(N3CCNCC3)n2)cc1. The molecule has 30 heavy (non-hydrogen) atoms. The fourth-order valence-corrected chi connectivity index (χ4v) is 3.42. The number of aromatic nitrogens is 2. The molecular formula is C23H28N6O. The molecule has 0 spiro atoms. The summed E-state index contributed by atoms with van der Waals surface area (Å²) < 4.78 is 5.24. The quantitative estimate of drug-likeness (QED) is 0.573. The van der Waals surface area contributed by atoms with Crippen LogP contribution in [-0.4, -0.2) is 43.3 Å². The van der Waals surface area contributed by atoms with E-state index in [2.05, 4.69) is 52.9 Å². The predicted octanol–water partition coefficient (Wildman–Crippen LogP) is 4.00. The van der Waals surface area contributed by atoms with Gasteiger partial charge in [0.05, 0.1) is 7.11 Å². The van der Waals surface area contributed by atoms with Crippen LogP contribution in [0.4, 0.5) is 29.0 Å². The first-order valence-corrected chi connectivity index (χ1v) is 10.2. The van der Waals surface area contributed by atoms with Crippen molar-refractivity contribution < 1.29 is 4.74 Å². The number of benzene rings is 2. The highest BCUT2D eigenvalue weighted by atomic mass is 16.5. The molecule has 0 saturated carbocycles. The Hall–Kier alpha value is -3.32. The van der Waals surface area contributed by atoms with Crippen molar-refractivity contribution >= 4 is 29.0 Å². The number of aryl methyl sites for hydroxylation is 2. The van der Waals surface area contributed by atoms with Crippen LogP contribution in [0, 0.1) is 13.8 Å². The van der Waals surface area contributed by atoms with E-state index >= 15 is 0 Å². The van der Waals surface area contributed by atoms with Crippen molar-refractivity contribution in [2.45, 2.75) is 13.8 Å². The van der Waals surface area contributed by atoms with Crippen molar-refractivity contribution in [2.75, 3.05) is 48.8 Å². The van der Waals surface area contributed by atoms with E-state index in [1.54, 1.807) is 7.11 Å². The zero-order valence-corrected chi connectivity index (χ0v) is 17.7. The van der Waals surface area contributed by atoms with Crippen LogP contribution in [0.15, 0.2) is 48.5 Å². The zero-order chi connectivity index (χ0) is 20.9. The van der Waals surface area contributed by atoms with Crippen LogP contribution in [0.3, 0.4) is 0 Å². The number of methoxy groups -OCH3 is 1. The lowest BCUT2D eigenvalue weighted by Gasteiger charge is -2.29. The Balaban J connectivity index is 1.65. The average molecular weight is 405 g/mol. The second kappa shape index (κ2) is 9.00. The molecule has 1 aliphatic heterocycles. The lowest BCUT2D eigenvalue weighted by Crippen LogP contribution is -2.44. The van der Waals surface area contributed by atoms with E-state index < -0.39 is 0 Å². The van der Waals surface area contributed by atoms with Gasteiger partial charge in [-0.1, -0.05) is 12.1 Å². The van der Waals surface area contributed by atoms with Crippen molar-refractivity contribution in [3.05, 3.63) is 59.7 Å². The summed E-state index contributed by atoms with van der Waals surface area (Å²) in [6.07, 6.45) is 0. The van der Waals surface area contributed by atoms with E-state index in [9.17, 15) is 0 Å². The van der Waals surface area contributed by atoms with Gasteiger partial charge in [-0.05, 0) is 55.3 Å². The number of hydrogen-bond acceptors (Lipinski definition) is 7. The molecule has 1 saturated heterocycles. The van der Waals surface area contributed by atoms with Crippen molar-refractivity contribution in [1.29, 1.82) is 0 Å². The Morgan fingerprint density at radius 1 is 0.933 bits per heavy atom. The molecule has 1 aliphatic rings. The van der Waals surface area contributed by atoms with Crippen LogP contribution in [0.25, 0.3) is 0 Å². The van der Waals surface area contributed by atoms with Gasteiger partial charge in [-0.2, -0.15) is 9.97 Å². The first-order valence-electron chi connectivity index (χ1n) is 10.2. The Morgan fingerprint density at radius 3 is 2.43 bits per heavy atom. The van der Waals surface area contributed by atoms with E-state index in [1.165, 1.54) is 11.1 Å². The highest BCUT2D eigenvalue weighted by Gasteiger charge is 2.15. The molecule has 0 amide bonds. The molecule has 3 N–H and O–H groups in total. The number of piperazine rings is 1. The smallest absolute Gasteiger partial charge is 0.231 e. The Bertz CT molecular complexity index is 999. The van der Waals surface area contributed by atoms with Gasteiger partial charge in [0, 0.05) is 43.6 Å². The number of ether oxygens (including phenoxy) is 1. The summed E-state index contributed by atoms with van der Waals surface area (Å²) in [6.45, 7) is 7.92. The Morgan fingerprint density at radius 2 is 1.70 bits per heavy atom. The minimum absolute atomic E-state index is 0.559. The molecule has 0 aliphatic carbocycles. The molecule has 3 aromatic rings. The van der Waals surface area contributed by atoms with Crippen LogP contribution in [0.5, 0.6) is 5.75 Å². The fraction of sp³-hybridized carbons (Fsp3) is 0.304. The summed E-state index contributed by atoms with van der Waals surface area (Å²) in [4.78, 5) is 11.8. The van der Waals surface area contributed by atoms with Gasteiger partial charge in [-0.3, -0.25) is 0 Å². The molecule has 4 rings (SSSR count). The number of anilines is 5. The monoisotopic (exact) mass is 404 g/mol. The third-order valence-electron chi connectivity index (χ3n) is 5.16. The fourth-order valence-electron chi connectivity index (χ4n) is 3.42. The van der Waals surface area contributed by atoms with Gasteiger partial charge in [0.25, 0.3) is 0 Å². The summed E-state index contributed by atoms with van der Waals surface area (Å²) in [5, 5.41) is 10.2. The molecule has 2 heterocycles. The van der Waals surface area contributed by atoms with Crippen LogP contribution in [-0.2, 0) is 0 Å². The molecule has 0 atom stereocenters. The summed E-state index contributed by atoms with van der Waals surface area (Å²) in [7, 11) is 1.66. The maximum absolute atomic E-state index is 5.24. The molecule has 1 aromatic heterocycles. The van der Waals surface area contributed by atoms with E-state index in [0.29, 0.717) is 5.95 Å². The van der Waals surface area contributed by atoms with E-state index in [1.807, 2.05) is 30.3 Å². The molecule has 2 aromatic carbocycles. The number of hydrogen-bond donors (Lipinski definition) is 3. The summed E-state index contributed by atoms with van der Waals surface area (Å²) in [6, 6.07) is 16.1. The van der Waals surface area contributed by atoms with Gasteiger partial charge in [0.1, 0.15) is 17.4 Å². The van der Waals surface area contributed by atoms with Gasteiger partial charge in [0.15, 0.2) is 0 Å². The maximum Gasteiger partial charge on any atom is 0.231 e. The van der Waals surface area contributed by atoms with Gasteiger partial charge < -0.3 is 25.6 Å². The zero-order valence-electron chi connectivity index (χ0n) is 17.7. The first kappa shape index (κ1) is 20.0. The summed E-state index contributed by atoms with van der Waals surface area (Å²) >= 11 is 0. The molecule has 156 valence electrons.